The molecule has 0 aromatic carbocycles. The second-order valence-electron chi connectivity index (χ2n) is 3.51. The number of alkyl halides is 2. The van der Waals surface area contributed by atoms with Crippen LogP contribution in [0.1, 0.15) is 29.9 Å². The predicted octanol–water partition coefficient (Wildman–Crippen LogP) is 2.66. The Bertz CT molecular complexity index is 542. The Morgan fingerprint density at radius 3 is 2.59 bits per heavy atom. The summed E-state index contributed by atoms with van der Waals surface area (Å²) in [6.07, 6.45) is 1.45. The summed E-state index contributed by atoms with van der Waals surface area (Å²) in [6.45, 7) is 1.61. The number of rotatable bonds is 3. The summed E-state index contributed by atoms with van der Waals surface area (Å²) in [5.41, 5.74) is 0.182. The van der Waals surface area contributed by atoms with E-state index >= 15 is 0 Å². The van der Waals surface area contributed by atoms with Crippen molar-refractivity contribution in [3.05, 3.63) is 29.6 Å². The molecular formula is C10H11F2N3OS. The van der Waals surface area contributed by atoms with Crippen molar-refractivity contribution in [2.75, 3.05) is 6.26 Å². The number of nitrogens with zero attached hydrogens (tertiary/aromatic N) is 3. The Kier molecular flexibility index (Phi) is 4.12. The molecule has 7 heteroatoms. The Morgan fingerprint density at radius 2 is 2.18 bits per heavy atom. The molecule has 1 rings (SSSR count). The number of halogens is 2. The van der Waals surface area contributed by atoms with Crippen LogP contribution < -0.4 is 0 Å². The van der Waals surface area contributed by atoms with E-state index in [1.807, 2.05) is 0 Å². The molecule has 2 atom stereocenters. The van der Waals surface area contributed by atoms with Gasteiger partial charge in [-0.05, 0) is 18.6 Å². The average Bonchev–Trinajstić information content (AvgIpc) is 2.28. The van der Waals surface area contributed by atoms with Gasteiger partial charge in [0.2, 0.25) is 6.19 Å². The molecule has 0 radical (unpaired) electrons. The summed E-state index contributed by atoms with van der Waals surface area (Å²) >= 11 is 0. The number of hydrogen-bond acceptors (Lipinski definition) is 4. The molecular weight excluding hydrogens is 248 g/mol. The van der Waals surface area contributed by atoms with Crippen molar-refractivity contribution in [3.63, 3.8) is 0 Å². The first-order valence-corrected chi connectivity index (χ1v) is 6.70. The average molecular weight is 259 g/mol. The van der Waals surface area contributed by atoms with E-state index in [4.69, 9.17) is 5.26 Å². The summed E-state index contributed by atoms with van der Waals surface area (Å²) in [5, 5.41) is 7.86. The molecule has 92 valence electrons. The van der Waals surface area contributed by atoms with Crippen LogP contribution in [0.15, 0.2) is 22.7 Å². The first-order chi connectivity index (χ1) is 7.88. The van der Waals surface area contributed by atoms with Gasteiger partial charge in [-0.2, -0.15) is 5.26 Å². The van der Waals surface area contributed by atoms with Gasteiger partial charge in [0.05, 0.1) is 15.0 Å². The van der Waals surface area contributed by atoms with Crippen LogP contribution in [0.4, 0.5) is 8.78 Å². The molecule has 0 aliphatic carbocycles. The maximum absolute atomic E-state index is 12.3. The minimum Gasteiger partial charge on any atom is -0.255 e. The van der Waals surface area contributed by atoms with Crippen LogP contribution in [0.3, 0.4) is 0 Å². The van der Waals surface area contributed by atoms with E-state index in [1.165, 1.54) is 30.8 Å². The van der Waals surface area contributed by atoms with Crippen LogP contribution in [-0.2, 0) is 9.73 Å². The molecule has 0 spiro atoms. The minimum atomic E-state index is -2.71. The third-order valence-electron chi connectivity index (χ3n) is 2.38. The van der Waals surface area contributed by atoms with Crippen LogP contribution in [0.25, 0.3) is 0 Å². The molecule has 1 aromatic rings. The molecule has 0 aliphatic heterocycles. The van der Waals surface area contributed by atoms with Crippen molar-refractivity contribution >= 4 is 9.73 Å². The highest BCUT2D eigenvalue weighted by molar-refractivity contribution is 7.93. The lowest BCUT2D eigenvalue weighted by Gasteiger charge is -2.12. The highest BCUT2D eigenvalue weighted by Crippen LogP contribution is 2.24. The first-order valence-electron chi connectivity index (χ1n) is 4.71. The van der Waals surface area contributed by atoms with E-state index in [9.17, 15) is 13.0 Å². The summed E-state index contributed by atoms with van der Waals surface area (Å²) < 4.78 is 39.8. The standard InChI is InChI=1S/C10H11F2N3OS/c1-7(17(2,16)15-6-13)8-3-4-9(10(11)12)14-5-8/h3-5,7,10H,1-2H3. The van der Waals surface area contributed by atoms with Gasteiger partial charge in [-0.15, -0.1) is 4.36 Å². The maximum Gasteiger partial charge on any atom is 0.280 e. The molecule has 0 saturated heterocycles. The summed E-state index contributed by atoms with van der Waals surface area (Å²) in [7, 11) is -2.71. The molecule has 2 unspecified atom stereocenters. The zero-order chi connectivity index (χ0) is 13.1. The van der Waals surface area contributed by atoms with Gasteiger partial charge in [0.1, 0.15) is 5.69 Å². The third-order valence-corrected chi connectivity index (χ3v) is 4.41. The molecule has 0 aliphatic rings. The number of nitriles is 1. The Hall–Kier alpha value is -1.55. The van der Waals surface area contributed by atoms with E-state index in [0.29, 0.717) is 5.56 Å². The first kappa shape index (κ1) is 13.5. The Balaban J connectivity index is 3.08. The van der Waals surface area contributed by atoms with Crippen LogP contribution in [0, 0.1) is 11.5 Å². The number of pyridine rings is 1. The minimum absolute atomic E-state index is 0.333. The molecule has 17 heavy (non-hydrogen) atoms. The van der Waals surface area contributed by atoms with Gasteiger partial charge in [-0.1, -0.05) is 6.07 Å². The van der Waals surface area contributed by atoms with Crippen LogP contribution in [-0.4, -0.2) is 15.4 Å². The second kappa shape index (κ2) is 5.19. The van der Waals surface area contributed by atoms with Crippen molar-refractivity contribution in [1.82, 2.24) is 4.98 Å². The molecule has 0 N–H and O–H groups in total. The maximum atomic E-state index is 12.3. The zero-order valence-electron chi connectivity index (χ0n) is 9.30. The van der Waals surface area contributed by atoms with Crippen LogP contribution in [0.5, 0.6) is 0 Å². The lowest BCUT2D eigenvalue weighted by Crippen LogP contribution is -2.08. The zero-order valence-corrected chi connectivity index (χ0v) is 10.1. The van der Waals surface area contributed by atoms with Crippen LogP contribution in [0.2, 0.25) is 0 Å². The fourth-order valence-corrected chi connectivity index (χ4v) is 2.16. The topological polar surface area (TPSA) is 66.1 Å². The molecule has 1 aromatic heterocycles. The molecule has 1 heterocycles. The van der Waals surface area contributed by atoms with Gasteiger partial charge in [-0.25, -0.2) is 13.0 Å². The SMILES string of the molecule is CC(c1ccc(C(F)F)nc1)S(C)(=O)=NC#N. The van der Waals surface area contributed by atoms with Crippen molar-refractivity contribution in [3.8, 4) is 6.19 Å². The molecule has 4 nitrogen and oxygen atoms in total. The number of hydrogen-bond donors (Lipinski definition) is 0. The van der Waals surface area contributed by atoms with E-state index in [-0.39, 0.29) is 5.69 Å². The Morgan fingerprint density at radius 1 is 1.53 bits per heavy atom. The summed E-state index contributed by atoms with van der Waals surface area (Å²) in [6, 6.07) is 2.60. The van der Waals surface area contributed by atoms with Crippen molar-refractivity contribution in [2.45, 2.75) is 18.6 Å². The third kappa shape index (κ3) is 3.20. The monoisotopic (exact) mass is 259 g/mol. The lowest BCUT2D eigenvalue weighted by atomic mass is 10.2. The van der Waals surface area contributed by atoms with Gasteiger partial charge in [-0.3, -0.25) is 4.98 Å². The molecule has 0 amide bonds. The van der Waals surface area contributed by atoms with Crippen molar-refractivity contribution in [2.24, 2.45) is 4.36 Å². The van der Waals surface area contributed by atoms with E-state index in [1.54, 1.807) is 6.92 Å². The largest absolute Gasteiger partial charge is 0.280 e. The Labute approximate surface area is 98.5 Å². The second-order valence-corrected chi connectivity index (χ2v) is 6.12. The van der Waals surface area contributed by atoms with Gasteiger partial charge < -0.3 is 0 Å². The van der Waals surface area contributed by atoms with Crippen molar-refractivity contribution in [1.29, 1.82) is 5.26 Å². The van der Waals surface area contributed by atoms with Gasteiger partial charge in [0, 0.05) is 12.5 Å². The van der Waals surface area contributed by atoms with Crippen molar-refractivity contribution < 1.29 is 13.0 Å². The summed E-state index contributed by atoms with van der Waals surface area (Å²) in [4.78, 5) is 3.57. The quantitative estimate of drug-likeness (QED) is 0.784. The number of aromatic nitrogens is 1. The van der Waals surface area contributed by atoms with E-state index in [0.717, 1.165) is 0 Å². The van der Waals surface area contributed by atoms with Gasteiger partial charge in [0.25, 0.3) is 6.43 Å². The fraction of sp³-hybridized carbons (Fsp3) is 0.400. The molecule has 0 fully saturated rings. The van der Waals surface area contributed by atoms with Crippen LogP contribution >= 0.6 is 0 Å². The lowest BCUT2D eigenvalue weighted by molar-refractivity contribution is 0.146. The highest BCUT2D eigenvalue weighted by Gasteiger charge is 2.17. The molecule has 0 saturated carbocycles. The normalized spacial score (nSPS) is 16.0. The fourth-order valence-electron chi connectivity index (χ4n) is 1.20. The smallest absolute Gasteiger partial charge is 0.255 e. The van der Waals surface area contributed by atoms with E-state index in [2.05, 4.69) is 9.35 Å². The van der Waals surface area contributed by atoms with Gasteiger partial charge >= 0.3 is 0 Å². The molecule has 0 bridgehead atoms. The van der Waals surface area contributed by atoms with Gasteiger partial charge in [0.15, 0.2) is 0 Å². The highest BCUT2D eigenvalue weighted by atomic mass is 32.2. The van der Waals surface area contributed by atoms with E-state index < -0.39 is 21.4 Å². The predicted molar refractivity (Wildman–Crippen MR) is 59.7 cm³/mol. The summed E-state index contributed by atoms with van der Waals surface area (Å²) in [5.74, 6) is 0.